The van der Waals surface area contributed by atoms with Crippen molar-refractivity contribution in [3.8, 4) is 0 Å². The maximum absolute atomic E-state index is 9.12. The van der Waals surface area contributed by atoms with E-state index in [-0.39, 0.29) is 18.8 Å². The van der Waals surface area contributed by atoms with Gasteiger partial charge < -0.3 is 14.7 Å². The number of ether oxygens (including phenoxy) is 1. The maximum Gasteiger partial charge on any atom is 0.150 e. The molecule has 0 spiro atoms. The second-order valence-electron chi connectivity index (χ2n) is 4.10. The lowest BCUT2D eigenvalue weighted by Crippen LogP contribution is -2.50. The number of nitrogens with zero attached hydrogens (tertiary/aromatic N) is 3. The van der Waals surface area contributed by atoms with Crippen molar-refractivity contribution in [3.05, 3.63) is 18.1 Å². The molecule has 1 aromatic heterocycles. The van der Waals surface area contributed by atoms with Gasteiger partial charge in [-0.1, -0.05) is 0 Å². The zero-order valence-electron chi connectivity index (χ0n) is 9.63. The molecule has 5 heteroatoms. The fourth-order valence-electron chi connectivity index (χ4n) is 1.91. The maximum atomic E-state index is 9.12. The molecule has 0 amide bonds. The molecule has 88 valence electrons. The van der Waals surface area contributed by atoms with Crippen molar-refractivity contribution >= 4 is 5.82 Å². The molecule has 2 unspecified atom stereocenters. The minimum absolute atomic E-state index is 0.0442. The fraction of sp³-hybridized carbons (Fsp3) is 0.636. The molecule has 0 radical (unpaired) electrons. The lowest BCUT2D eigenvalue weighted by Gasteiger charge is -2.38. The number of aliphatic hydroxyl groups is 1. The summed E-state index contributed by atoms with van der Waals surface area (Å²) in [5.41, 5.74) is 0.910. The van der Waals surface area contributed by atoms with E-state index in [2.05, 4.69) is 21.8 Å². The Hall–Kier alpha value is -1.20. The molecule has 1 aliphatic rings. The summed E-state index contributed by atoms with van der Waals surface area (Å²) in [6.07, 6.45) is 3.25. The van der Waals surface area contributed by atoms with E-state index in [9.17, 15) is 0 Å². The van der Waals surface area contributed by atoms with Crippen LogP contribution in [0.25, 0.3) is 0 Å². The second kappa shape index (κ2) is 4.76. The van der Waals surface area contributed by atoms with Crippen molar-refractivity contribution in [3.63, 3.8) is 0 Å². The molecule has 16 heavy (non-hydrogen) atoms. The molecule has 1 saturated heterocycles. The van der Waals surface area contributed by atoms with E-state index in [0.29, 0.717) is 13.2 Å². The van der Waals surface area contributed by atoms with Crippen LogP contribution < -0.4 is 4.90 Å². The molecule has 0 aliphatic carbocycles. The number of hydrogen-bond donors (Lipinski definition) is 1. The molecule has 1 aromatic rings. The number of aromatic nitrogens is 2. The van der Waals surface area contributed by atoms with Gasteiger partial charge in [-0.2, -0.15) is 0 Å². The van der Waals surface area contributed by atoms with Crippen LogP contribution in [0.2, 0.25) is 0 Å². The van der Waals surface area contributed by atoms with Crippen LogP contribution >= 0.6 is 0 Å². The molecule has 5 nitrogen and oxygen atoms in total. The van der Waals surface area contributed by atoms with Crippen LogP contribution in [0.15, 0.2) is 12.4 Å². The first-order valence-corrected chi connectivity index (χ1v) is 5.49. The predicted octanol–water partition coefficient (Wildman–Crippen LogP) is 0.371. The monoisotopic (exact) mass is 223 g/mol. The number of hydrogen-bond acceptors (Lipinski definition) is 5. The van der Waals surface area contributed by atoms with Crippen LogP contribution in [-0.2, 0) is 4.74 Å². The topological polar surface area (TPSA) is 58.5 Å². The predicted molar refractivity (Wildman–Crippen MR) is 60.4 cm³/mol. The first-order valence-electron chi connectivity index (χ1n) is 5.49. The average molecular weight is 223 g/mol. The normalized spacial score (nSPS) is 25.8. The van der Waals surface area contributed by atoms with Crippen molar-refractivity contribution < 1.29 is 9.84 Å². The highest BCUT2D eigenvalue weighted by molar-refractivity contribution is 5.44. The Bertz CT molecular complexity index is 359. The molecule has 1 fully saturated rings. The Kier molecular flexibility index (Phi) is 3.36. The van der Waals surface area contributed by atoms with Gasteiger partial charge >= 0.3 is 0 Å². The second-order valence-corrected chi connectivity index (χ2v) is 4.10. The highest BCUT2D eigenvalue weighted by Gasteiger charge is 2.27. The smallest absolute Gasteiger partial charge is 0.150 e. The summed E-state index contributed by atoms with van der Waals surface area (Å²) in [5, 5.41) is 9.12. The molecule has 2 heterocycles. The van der Waals surface area contributed by atoms with Crippen molar-refractivity contribution in [2.24, 2.45) is 0 Å². The van der Waals surface area contributed by atoms with E-state index in [0.717, 1.165) is 11.5 Å². The van der Waals surface area contributed by atoms with Gasteiger partial charge in [-0.3, -0.25) is 4.98 Å². The third-order valence-electron chi connectivity index (χ3n) is 2.84. The summed E-state index contributed by atoms with van der Waals surface area (Å²) in [4.78, 5) is 10.7. The summed E-state index contributed by atoms with van der Waals surface area (Å²) in [6, 6.07) is 0.262. The molecule has 2 rings (SSSR count). The van der Waals surface area contributed by atoms with Gasteiger partial charge in [-0.25, -0.2) is 4.98 Å². The van der Waals surface area contributed by atoms with Crippen LogP contribution in [0, 0.1) is 6.92 Å². The van der Waals surface area contributed by atoms with Gasteiger partial charge in [0, 0.05) is 18.9 Å². The van der Waals surface area contributed by atoms with Gasteiger partial charge in [0.05, 0.1) is 31.1 Å². The molecule has 1 N–H and O–H groups in total. The molecular formula is C11H17N3O2. The van der Waals surface area contributed by atoms with E-state index < -0.39 is 0 Å². The fourth-order valence-corrected chi connectivity index (χ4v) is 1.91. The number of anilines is 1. The van der Waals surface area contributed by atoms with E-state index in [1.54, 1.807) is 12.4 Å². The van der Waals surface area contributed by atoms with Gasteiger partial charge in [-0.05, 0) is 13.8 Å². The molecule has 1 aliphatic heterocycles. The quantitative estimate of drug-likeness (QED) is 0.785. The van der Waals surface area contributed by atoms with Crippen molar-refractivity contribution in [1.29, 1.82) is 0 Å². The summed E-state index contributed by atoms with van der Waals surface area (Å²) >= 11 is 0. The van der Waals surface area contributed by atoms with Gasteiger partial charge in [0.15, 0.2) is 0 Å². The minimum atomic E-state index is -0.127. The van der Waals surface area contributed by atoms with Crippen LogP contribution in [0.5, 0.6) is 0 Å². The molecule has 0 bridgehead atoms. The number of morpholine rings is 1. The third-order valence-corrected chi connectivity index (χ3v) is 2.84. The highest BCUT2D eigenvalue weighted by Crippen LogP contribution is 2.21. The largest absolute Gasteiger partial charge is 0.394 e. The van der Waals surface area contributed by atoms with Crippen LogP contribution in [-0.4, -0.2) is 47.0 Å². The average Bonchev–Trinajstić information content (AvgIpc) is 2.31. The standard InChI is InChI=1S/C11H17N3O2/c1-8-7-16-10(6-15)5-14(8)11-9(2)12-3-4-13-11/h3-4,8,10,15H,5-7H2,1-2H3. The summed E-state index contributed by atoms with van der Waals surface area (Å²) < 4.78 is 5.49. The van der Waals surface area contributed by atoms with Gasteiger partial charge in [0.2, 0.25) is 0 Å². The zero-order chi connectivity index (χ0) is 11.5. The minimum Gasteiger partial charge on any atom is -0.394 e. The molecule has 2 atom stereocenters. The number of aryl methyl sites for hydroxylation is 1. The zero-order valence-corrected chi connectivity index (χ0v) is 9.63. The van der Waals surface area contributed by atoms with Crippen molar-refractivity contribution in [1.82, 2.24) is 9.97 Å². The number of rotatable bonds is 2. The van der Waals surface area contributed by atoms with Gasteiger partial charge in [0.1, 0.15) is 5.82 Å². The van der Waals surface area contributed by atoms with E-state index in [4.69, 9.17) is 9.84 Å². The van der Waals surface area contributed by atoms with Gasteiger partial charge in [0.25, 0.3) is 0 Å². The van der Waals surface area contributed by atoms with E-state index in [1.807, 2.05) is 6.92 Å². The Morgan fingerprint density at radius 2 is 2.25 bits per heavy atom. The van der Waals surface area contributed by atoms with Crippen molar-refractivity contribution in [2.75, 3.05) is 24.7 Å². The lowest BCUT2D eigenvalue weighted by molar-refractivity contribution is -0.0106. The Morgan fingerprint density at radius 1 is 1.50 bits per heavy atom. The molecule has 0 aromatic carbocycles. The third kappa shape index (κ3) is 2.15. The van der Waals surface area contributed by atoms with E-state index in [1.165, 1.54) is 0 Å². The van der Waals surface area contributed by atoms with Crippen LogP contribution in [0.3, 0.4) is 0 Å². The van der Waals surface area contributed by atoms with Gasteiger partial charge in [-0.15, -0.1) is 0 Å². The highest BCUT2D eigenvalue weighted by atomic mass is 16.5. The first kappa shape index (κ1) is 11.3. The lowest BCUT2D eigenvalue weighted by atomic mass is 10.2. The summed E-state index contributed by atoms with van der Waals surface area (Å²) in [7, 11) is 0. The molecule has 0 saturated carbocycles. The van der Waals surface area contributed by atoms with Crippen LogP contribution in [0.4, 0.5) is 5.82 Å². The SMILES string of the molecule is Cc1nccnc1N1CC(CO)OCC1C. The summed E-state index contributed by atoms with van der Waals surface area (Å²) in [5.74, 6) is 0.886. The van der Waals surface area contributed by atoms with Crippen LogP contribution in [0.1, 0.15) is 12.6 Å². The first-order chi connectivity index (χ1) is 7.72. The van der Waals surface area contributed by atoms with Crippen molar-refractivity contribution in [2.45, 2.75) is 26.0 Å². The van der Waals surface area contributed by atoms with E-state index >= 15 is 0 Å². The summed E-state index contributed by atoms with van der Waals surface area (Å²) in [6.45, 7) is 5.35. The Morgan fingerprint density at radius 3 is 2.94 bits per heavy atom. The molecular weight excluding hydrogens is 206 g/mol. The Balaban J connectivity index is 2.21. The number of aliphatic hydroxyl groups excluding tert-OH is 1. The Labute approximate surface area is 95.1 Å².